The average molecular weight is 459 g/mol. The first-order valence-corrected chi connectivity index (χ1v) is 8.94. The lowest BCUT2D eigenvalue weighted by atomic mass is 10.1. The summed E-state index contributed by atoms with van der Waals surface area (Å²) in [6.07, 6.45) is 0. The van der Waals surface area contributed by atoms with Crippen LogP contribution in [0.1, 0.15) is 26.3 Å². The van der Waals surface area contributed by atoms with E-state index >= 15 is 0 Å². The van der Waals surface area contributed by atoms with Crippen molar-refractivity contribution in [3.05, 3.63) is 35.9 Å². The minimum atomic E-state index is 0. The lowest BCUT2D eigenvalue weighted by Gasteiger charge is -2.35. The van der Waals surface area contributed by atoms with E-state index in [1.54, 1.807) is 0 Å². The van der Waals surface area contributed by atoms with Crippen LogP contribution in [0.4, 0.5) is 0 Å². The van der Waals surface area contributed by atoms with Gasteiger partial charge in [0, 0.05) is 58.4 Å². The smallest absolute Gasteiger partial charge is 0.191 e. The summed E-state index contributed by atoms with van der Waals surface area (Å²) in [4.78, 5) is 9.35. The fourth-order valence-corrected chi connectivity index (χ4v) is 2.88. The van der Waals surface area contributed by atoms with E-state index in [1.807, 2.05) is 7.05 Å². The molecule has 0 atom stereocenters. The van der Waals surface area contributed by atoms with Gasteiger partial charge in [0.2, 0.25) is 0 Å². The summed E-state index contributed by atoms with van der Waals surface area (Å²) in [5, 5.41) is 6.80. The highest BCUT2D eigenvalue weighted by Crippen LogP contribution is 2.08. The van der Waals surface area contributed by atoms with Crippen LogP contribution in [0.15, 0.2) is 35.3 Å². The maximum atomic E-state index is 4.28. The minimum Gasteiger partial charge on any atom is -0.355 e. The van der Waals surface area contributed by atoms with Crippen LogP contribution in [-0.4, -0.2) is 67.6 Å². The molecule has 0 amide bonds. The summed E-state index contributed by atoms with van der Waals surface area (Å²) in [5.41, 5.74) is 1.44. The van der Waals surface area contributed by atoms with Crippen molar-refractivity contribution in [2.24, 2.45) is 4.99 Å². The molecule has 25 heavy (non-hydrogen) atoms. The molecule has 1 fully saturated rings. The van der Waals surface area contributed by atoms with E-state index in [0.29, 0.717) is 0 Å². The van der Waals surface area contributed by atoms with Gasteiger partial charge < -0.3 is 10.6 Å². The van der Waals surface area contributed by atoms with Crippen molar-refractivity contribution in [2.75, 3.05) is 46.3 Å². The van der Waals surface area contributed by atoms with Crippen molar-refractivity contribution in [1.82, 2.24) is 20.4 Å². The molecule has 1 saturated heterocycles. The van der Waals surface area contributed by atoms with Gasteiger partial charge in [-0.05, 0) is 26.3 Å². The zero-order valence-corrected chi connectivity index (χ0v) is 18.4. The lowest BCUT2D eigenvalue weighted by molar-refractivity contribution is 0.129. The van der Waals surface area contributed by atoms with E-state index in [1.165, 1.54) is 5.56 Å². The van der Waals surface area contributed by atoms with Crippen LogP contribution in [0.25, 0.3) is 0 Å². The van der Waals surface area contributed by atoms with Gasteiger partial charge in [0.15, 0.2) is 5.96 Å². The Morgan fingerprint density at radius 2 is 1.64 bits per heavy atom. The molecule has 2 rings (SSSR count). The molecular weight excluding hydrogens is 425 g/mol. The molecule has 1 aromatic rings. The molecular formula is C19H34IN5. The predicted octanol–water partition coefficient (Wildman–Crippen LogP) is 2.39. The molecule has 0 radical (unpaired) electrons. The van der Waals surface area contributed by atoms with Crippen LogP contribution in [0.3, 0.4) is 0 Å². The van der Waals surface area contributed by atoms with Crippen molar-refractivity contribution in [3.8, 4) is 0 Å². The Labute approximate surface area is 170 Å². The molecule has 0 bridgehead atoms. The van der Waals surface area contributed by atoms with E-state index < -0.39 is 0 Å². The molecule has 1 aliphatic rings. The quantitative estimate of drug-likeness (QED) is 0.403. The maximum Gasteiger partial charge on any atom is 0.191 e. The molecule has 142 valence electrons. The summed E-state index contributed by atoms with van der Waals surface area (Å²) < 4.78 is 0. The molecule has 0 spiro atoms. The normalized spacial score (nSPS) is 17.0. The SMILES string of the molecule is CN=C(NCCN1CCN(Cc2ccccc2)CC1)NC(C)(C)C.I. The van der Waals surface area contributed by atoms with Crippen molar-refractivity contribution in [3.63, 3.8) is 0 Å². The van der Waals surface area contributed by atoms with Gasteiger partial charge in [-0.25, -0.2) is 0 Å². The fraction of sp³-hybridized carbons (Fsp3) is 0.632. The Kier molecular flexibility index (Phi) is 9.74. The molecule has 5 nitrogen and oxygen atoms in total. The van der Waals surface area contributed by atoms with E-state index in [-0.39, 0.29) is 29.5 Å². The maximum absolute atomic E-state index is 4.28. The molecule has 2 N–H and O–H groups in total. The van der Waals surface area contributed by atoms with E-state index in [0.717, 1.165) is 51.8 Å². The first-order chi connectivity index (χ1) is 11.5. The zero-order chi connectivity index (χ0) is 17.4. The fourth-order valence-electron chi connectivity index (χ4n) is 2.88. The molecule has 0 aromatic heterocycles. The second-order valence-corrected chi connectivity index (χ2v) is 7.48. The Morgan fingerprint density at radius 3 is 2.20 bits per heavy atom. The predicted molar refractivity (Wildman–Crippen MR) is 118 cm³/mol. The number of nitrogens with one attached hydrogen (secondary N) is 2. The monoisotopic (exact) mass is 459 g/mol. The highest BCUT2D eigenvalue weighted by Gasteiger charge is 2.17. The van der Waals surface area contributed by atoms with Crippen molar-refractivity contribution in [2.45, 2.75) is 32.9 Å². The second kappa shape index (κ2) is 11.0. The number of benzene rings is 1. The number of hydrogen-bond donors (Lipinski definition) is 2. The molecule has 1 aliphatic heterocycles. The number of aliphatic imine (C=N–C) groups is 1. The Balaban J connectivity index is 0.00000312. The third-order valence-electron chi connectivity index (χ3n) is 4.15. The summed E-state index contributed by atoms with van der Waals surface area (Å²) >= 11 is 0. The standard InChI is InChI=1S/C19H33N5.HI/c1-19(2,3)22-18(20-4)21-10-11-23-12-14-24(15-13-23)16-17-8-6-5-7-9-17;/h5-9H,10-16H2,1-4H3,(H2,20,21,22);1H. The molecule has 6 heteroatoms. The van der Waals surface area contributed by atoms with Gasteiger partial charge in [0.05, 0.1) is 0 Å². The Hall–Kier alpha value is -0.860. The number of nitrogens with zero attached hydrogens (tertiary/aromatic N) is 3. The number of halogens is 1. The van der Waals surface area contributed by atoms with Gasteiger partial charge in [-0.2, -0.15) is 0 Å². The summed E-state index contributed by atoms with van der Waals surface area (Å²) in [6, 6.07) is 10.7. The Bertz CT molecular complexity index is 504. The van der Waals surface area contributed by atoms with Crippen LogP contribution < -0.4 is 10.6 Å². The number of guanidine groups is 1. The van der Waals surface area contributed by atoms with Gasteiger partial charge in [-0.3, -0.25) is 14.8 Å². The summed E-state index contributed by atoms with van der Waals surface area (Å²) in [5.74, 6) is 0.880. The molecule has 0 saturated carbocycles. The van der Waals surface area contributed by atoms with Crippen LogP contribution in [0.5, 0.6) is 0 Å². The largest absolute Gasteiger partial charge is 0.355 e. The third kappa shape index (κ3) is 8.87. The van der Waals surface area contributed by atoms with Crippen LogP contribution >= 0.6 is 24.0 Å². The van der Waals surface area contributed by atoms with E-state index in [9.17, 15) is 0 Å². The van der Waals surface area contributed by atoms with E-state index in [2.05, 4.69) is 76.5 Å². The minimum absolute atomic E-state index is 0. The average Bonchev–Trinajstić information content (AvgIpc) is 2.55. The van der Waals surface area contributed by atoms with Crippen molar-refractivity contribution < 1.29 is 0 Å². The van der Waals surface area contributed by atoms with Crippen molar-refractivity contribution in [1.29, 1.82) is 0 Å². The van der Waals surface area contributed by atoms with Crippen LogP contribution in [0, 0.1) is 0 Å². The molecule has 0 aliphatic carbocycles. The molecule has 1 aromatic carbocycles. The first-order valence-electron chi connectivity index (χ1n) is 8.94. The Morgan fingerprint density at radius 1 is 1.04 bits per heavy atom. The lowest BCUT2D eigenvalue weighted by Crippen LogP contribution is -2.51. The summed E-state index contributed by atoms with van der Waals surface area (Å²) in [7, 11) is 1.82. The van der Waals surface area contributed by atoms with Crippen LogP contribution in [-0.2, 0) is 6.54 Å². The van der Waals surface area contributed by atoms with Crippen LogP contribution in [0.2, 0.25) is 0 Å². The number of hydrogen-bond acceptors (Lipinski definition) is 3. The van der Waals surface area contributed by atoms with Gasteiger partial charge >= 0.3 is 0 Å². The van der Waals surface area contributed by atoms with Gasteiger partial charge in [-0.1, -0.05) is 30.3 Å². The number of piperazine rings is 1. The third-order valence-corrected chi connectivity index (χ3v) is 4.15. The molecule has 1 heterocycles. The summed E-state index contributed by atoms with van der Waals surface area (Å²) in [6.45, 7) is 14.0. The zero-order valence-electron chi connectivity index (χ0n) is 16.1. The van der Waals surface area contributed by atoms with E-state index in [4.69, 9.17) is 0 Å². The van der Waals surface area contributed by atoms with Crippen molar-refractivity contribution >= 4 is 29.9 Å². The molecule has 0 unspecified atom stereocenters. The van der Waals surface area contributed by atoms with Gasteiger partial charge in [0.25, 0.3) is 0 Å². The highest BCUT2D eigenvalue weighted by atomic mass is 127. The van der Waals surface area contributed by atoms with Gasteiger partial charge in [0.1, 0.15) is 0 Å². The first kappa shape index (κ1) is 22.2. The topological polar surface area (TPSA) is 42.9 Å². The number of rotatable bonds is 5. The highest BCUT2D eigenvalue weighted by molar-refractivity contribution is 14.0. The van der Waals surface area contributed by atoms with Gasteiger partial charge in [-0.15, -0.1) is 24.0 Å². The second-order valence-electron chi connectivity index (χ2n) is 7.48.